The van der Waals surface area contributed by atoms with Gasteiger partial charge in [0.25, 0.3) is 5.91 Å². The molecule has 0 aliphatic rings. The van der Waals surface area contributed by atoms with Crippen LogP contribution in [0.3, 0.4) is 0 Å². The first kappa shape index (κ1) is 18.3. The highest BCUT2D eigenvalue weighted by Gasteiger charge is 2.17. The van der Waals surface area contributed by atoms with Crippen LogP contribution in [0.5, 0.6) is 5.75 Å². The van der Waals surface area contributed by atoms with Gasteiger partial charge in [0.1, 0.15) is 5.75 Å². The highest BCUT2D eigenvalue weighted by Crippen LogP contribution is 2.25. The maximum Gasteiger partial charge on any atom is 0.255 e. The maximum atomic E-state index is 12.5. The Bertz CT molecular complexity index is 717. The third-order valence-electron chi connectivity index (χ3n) is 4.03. The summed E-state index contributed by atoms with van der Waals surface area (Å²) in [5, 5.41) is 3.50. The molecular formula is C20H24ClNO2. The number of rotatable bonds is 4. The van der Waals surface area contributed by atoms with Crippen LogP contribution < -0.4 is 10.1 Å². The first-order valence-corrected chi connectivity index (χ1v) is 8.35. The van der Waals surface area contributed by atoms with Gasteiger partial charge in [0.05, 0.1) is 18.7 Å². The fourth-order valence-electron chi connectivity index (χ4n) is 2.49. The first-order chi connectivity index (χ1) is 11.2. The summed E-state index contributed by atoms with van der Waals surface area (Å²) in [6.07, 6.45) is 0. The van der Waals surface area contributed by atoms with Crippen molar-refractivity contribution >= 4 is 17.5 Å². The predicted molar refractivity (Wildman–Crippen MR) is 99.0 cm³/mol. The predicted octanol–water partition coefficient (Wildman–Crippen LogP) is 5.14. The highest BCUT2D eigenvalue weighted by atomic mass is 35.5. The van der Waals surface area contributed by atoms with E-state index in [9.17, 15) is 4.79 Å². The van der Waals surface area contributed by atoms with Gasteiger partial charge in [-0.25, -0.2) is 0 Å². The fraction of sp³-hybridized carbons (Fsp3) is 0.350. The van der Waals surface area contributed by atoms with E-state index >= 15 is 0 Å². The molecule has 128 valence electrons. The van der Waals surface area contributed by atoms with E-state index in [4.69, 9.17) is 16.3 Å². The van der Waals surface area contributed by atoms with Crippen LogP contribution >= 0.6 is 11.6 Å². The SMILES string of the molecule is COc1ccc(Cl)cc1C(=O)N[C@@H](C)c1ccc(C(C)(C)C)cc1. The van der Waals surface area contributed by atoms with Crippen molar-refractivity contribution in [1.29, 1.82) is 0 Å². The number of benzene rings is 2. The van der Waals surface area contributed by atoms with Crippen molar-refractivity contribution < 1.29 is 9.53 Å². The quantitative estimate of drug-likeness (QED) is 0.833. The molecule has 24 heavy (non-hydrogen) atoms. The molecule has 1 atom stereocenters. The molecule has 2 aromatic rings. The third kappa shape index (κ3) is 4.30. The largest absolute Gasteiger partial charge is 0.496 e. The van der Waals surface area contributed by atoms with Gasteiger partial charge < -0.3 is 10.1 Å². The molecule has 0 aliphatic heterocycles. The molecule has 0 heterocycles. The van der Waals surface area contributed by atoms with E-state index in [-0.39, 0.29) is 17.4 Å². The van der Waals surface area contributed by atoms with Crippen LogP contribution in [0.2, 0.25) is 5.02 Å². The minimum atomic E-state index is -0.207. The van der Waals surface area contributed by atoms with Gasteiger partial charge in [-0.05, 0) is 41.7 Å². The fourth-order valence-corrected chi connectivity index (χ4v) is 2.66. The topological polar surface area (TPSA) is 38.3 Å². The van der Waals surface area contributed by atoms with E-state index in [1.807, 2.05) is 6.92 Å². The molecule has 0 saturated heterocycles. The van der Waals surface area contributed by atoms with Gasteiger partial charge in [0.2, 0.25) is 0 Å². The van der Waals surface area contributed by atoms with Crippen LogP contribution in [0, 0.1) is 0 Å². The van der Waals surface area contributed by atoms with E-state index in [1.165, 1.54) is 12.7 Å². The second-order valence-electron chi connectivity index (χ2n) is 6.91. The Hall–Kier alpha value is -2.00. The van der Waals surface area contributed by atoms with E-state index in [0.717, 1.165) is 5.56 Å². The zero-order valence-electron chi connectivity index (χ0n) is 14.8. The van der Waals surface area contributed by atoms with E-state index in [2.05, 4.69) is 50.4 Å². The summed E-state index contributed by atoms with van der Waals surface area (Å²) in [5.41, 5.74) is 2.86. The molecule has 0 saturated carbocycles. The number of carbonyl (C=O) groups excluding carboxylic acids is 1. The van der Waals surface area contributed by atoms with Gasteiger partial charge in [-0.1, -0.05) is 56.6 Å². The number of methoxy groups -OCH3 is 1. The Morgan fingerprint density at radius 3 is 2.29 bits per heavy atom. The Balaban J connectivity index is 2.16. The number of hydrogen-bond donors (Lipinski definition) is 1. The maximum absolute atomic E-state index is 12.5. The molecule has 1 N–H and O–H groups in total. The van der Waals surface area contributed by atoms with E-state index in [1.54, 1.807) is 18.2 Å². The lowest BCUT2D eigenvalue weighted by atomic mass is 9.86. The van der Waals surface area contributed by atoms with Crippen LogP contribution in [-0.4, -0.2) is 13.0 Å². The minimum absolute atomic E-state index is 0.110. The smallest absolute Gasteiger partial charge is 0.255 e. The summed E-state index contributed by atoms with van der Waals surface area (Å²) in [6.45, 7) is 8.50. The molecule has 0 unspecified atom stereocenters. The van der Waals surface area contributed by atoms with Gasteiger partial charge in [0, 0.05) is 5.02 Å². The van der Waals surface area contributed by atoms with Crippen molar-refractivity contribution in [2.24, 2.45) is 0 Å². The molecule has 2 rings (SSSR count). The summed E-state index contributed by atoms with van der Waals surface area (Å²) in [6, 6.07) is 13.2. The van der Waals surface area contributed by atoms with Crippen LogP contribution in [0.4, 0.5) is 0 Å². The molecular weight excluding hydrogens is 322 g/mol. The molecule has 0 spiro atoms. The Labute approximate surface area is 149 Å². The van der Waals surface area contributed by atoms with Gasteiger partial charge >= 0.3 is 0 Å². The number of amides is 1. The van der Waals surface area contributed by atoms with Crippen LogP contribution in [0.1, 0.15) is 55.2 Å². The summed E-state index contributed by atoms with van der Waals surface area (Å²) < 4.78 is 5.24. The molecule has 0 bridgehead atoms. The number of carbonyl (C=O) groups is 1. The lowest BCUT2D eigenvalue weighted by Gasteiger charge is -2.21. The molecule has 4 heteroatoms. The van der Waals surface area contributed by atoms with Crippen molar-refractivity contribution in [3.05, 3.63) is 64.2 Å². The van der Waals surface area contributed by atoms with Crippen molar-refractivity contribution in [3.8, 4) is 5.75 Å². The second-order valence-corrected chi connectivity index (χ2v) is 7.35. The van der Waals surface area contributed by atoms with Gasteiger partial charge in [-0.15, -0.1) is 0 Å². The average Bonchev–Trinajstić information content (AvgIpc) is 2.54. The minimum Gasteiger partial charge on any atom is -0.496 e. The van der Waals surface area contributed by atoms with E-state index in [0.29, 0.717) is 16.3 Å². The van der Waals surface area contributed by atoms with E-state index < -0.39 is 0 Å². The number of hydrogen-bond acceptors (Lipinski definition) is 2. The third-order valence-corrected chi connectivity index (χ3v) is 4.27. The molecule has 2 aromatic carbocycles. The molecule has 3 nitrogen and oxygen atoms in total. The zero-order chi connectivity index (χ0) is 17.9. The number of halogens is 1. The summed E-state index contributed by atoms with van der Waals surface area (Å²) in [4.78, 5) is 12.5. The van der Waals surface area contributed by atoms with Crippen molar-refractivity contribution in [3.63, 3.8) is 0 Å². The molecule has 0 fully saturated rings. The molecule has 0 aliphatic carbocycles. The molecule has 0 aromatic heterocycles. The van der Waals surface area contributed by atoms with Gasteiger partial charge in [0.15, 0.2) is 0 Å². The van der Waals surface area contributed by atoms with Gasteiger partial charge in [-0.3, -0.25) is 4.79 Å². The normalized spacial score (nSPS) is 12.6. The van der Waals surface area contributed by atoms with Crippen molar-refractivity contribution in [2.45, 2.75) is 39.2 Å². The van der Waals surface area contributed by atoms with Crippen LogP contribution in [-0.2, 0) is 5.41 Å². The lowest BCUT2D eigenvalue weighted by molar-refractivity contribution is 0.0937. The summed E-state index contributed by atoms with van der Waals surface area (Å²) in [7, 11) is 1.54. The molecule has 0 radical (unpaired) electrons. The lowest BCUT2D eigenvalue weighted by Crippen LogP contribution is -2.27. The van der Waals surface area contributed by atoms with Crippen LogP contribution in [0.15, 0.2) is 42.5 Å². The summed E-state index contributed by atoms with van der Waals surface area (Å²) >= 11 is 6.00. The second kappa shape index (κ2) is 7.27. The first-order valence-electron chi connectivity index (χ1n) is 7.97. The Morgan fingerprint density at radius 1 is 1.12 bits per heavy atom. The Morgan fingerprint density at radius 2 is 1.75 bits per heavy atom. The highest BCUT2D eigenvalue weighted by molar-refractivity contribution is 6.31. The average molecular weight is 346 g/mol. The monoisotopic (exact) mass is 345 g/mol. The molecule has 1 amide bonds. The summed E-state index contributed by atoms with van der Waals surface area (Å²) in [5.74, 6) is 0.300. The Kier molecular flexibility index (Phi) is 5.55. The van der Waals surface area contributed by atoms with Crippen LogP contribution in [0.25, 0.3) is 0 Å². The number of ether oxygens (including phenoxy) is 1. The van der Waals surface area contributed by atoms with Gasteiger partial charge in [-0.2, -0.15) is 0 Å². The number of nitrogens with one attached hydrogen (secondary N) is 1. The van der Waals surface area contributed by atoms with Crippen molar-refractivity contribution in [2.75, 3.05) is 7.11 Å². The standard InChI is InChI=1S/C20H24ClNO2/c1-13(14-6-8-15(9-7-14)20(2,3)4)22-19(23)17-12-16(21)10-11-18(17)24-5/h6-13H,1-5H3,(H,22,23)/t13-/m0/s1. The zero-order valence-corrected chi connectivity index (χ0v) is 15.6. The van der Waals surface area contributed by atoms with Crippen molar-refractivity contribution in [1.82, 2.24) is 5.32 Å².